The Balaban J connectivity index is 1.84. The van der Waals surface area contributed by atoms with E-state index in [1.165, 1.54) is 38.9 Å². The Labute approximate surface area is 103 Å². The van der Waals surface area contributed by atoms with Crippen LogP contribution in [0.1, 0.15) is 26.2 Å². The highest BCUT2D eigenvalue weighted by Gasteiger charge is 2.18. The fourth-order valence-corrected chi connectivity index (χ4v) is 2.35. The molecule has 1 saturated heterocycles. The van der Waals surface area contributed by atoms with E-state index in [1.54, 1.807) is 6.20 Å². The quantitative estimate of drug-likeness (QED) is 0.836. The molecule has 0 spiro atoms. The molecule has 1 aliphatic heterocycles. The summed E-state index contributed by atoms with van der Waals surface area (Å²) in [7, 11) is 0. The fourth-order valence-electron chi connectivity index (χ4n) is 2.35. The molecule has 0 amide bonds. The molecule has 4 heteroatoms. The van der Waals surface area contributed by atoms with Crippen LogP contribution in [0, 0.1) is 0 Å². The van der Waals surface area contributed by atoms with Crippen molar-refractivity contribution in [1.82, 2.24) is 9.88 Å². The van der Waals surface area contributed by atoms with E-state index in [9.17, 15) is 0 Å². The smallest absolute Gasteiger partial charge is 0.149 e. The first-order valence-corrected chi connectivity index (χ1v) is 6.49. The van der Waals surface area contributed by atoms with Crippen LogP contribution in [0.15, 0.2) is 18.3 Å². The van der Waals surface area contributed by atoms with Crippen LogP contribution in [-0.2, 0) is 0 Å². The van der Waals surface area contributed by atoms with Gasteiger partial charge >= 0.3 is 0 Å². The molecule has 4 nitrogen and oxygen atoms in total. The van der Waals surface area contributed by atoms with Gasteiger partial charge in [-0.3, -0.25) is 0 Å². The molecule has 0 bridgehead atoms. The number of nitrogens with two attached hydrogens (primary N) is 1. The van der Waals surface area contributed by atoms with E-state index in [0.717, 1.165) is 11.5 Å². The van der Waals surface area contributed by atoms with Crippen molar-refractivity contribution < 1.29 is 0 Å². The van der Waals surface area contributed by atoms with Gasteiger partial charge in [-0.25, -0.2) is 4.98 Å². The van der Waals surface area contributed by atoms with Crippen LogP contribution >= 0.6 is 0 Å². The van der Waals surface area contributed by atoms with Gasteiger partial charge in [-0.2, -0.15) is 0 Å². The van der Waals surface area contributed by atoms with Crippen LogP contribution in [-0.4, -0.2) is 35.6 Å². The highest BCUT2D eigenvalue weighted by Crippen LogP contribution is 2.19. The molecule has 17 heavy (non-hydrogen) atoms. The van der Waals surface area contributed by atoms with Crippen LogP contribution < -0.4 is 11.1 Å². The van der Waals surface area contributed by atoms with Gasteiger partial charge in [-0.15, -0.1) is 0 Å². The number of rotatable bonds is 4. The van der Waals surface area contributed by atoms with E-state index >= 15 is 0 Å². The first-order valence-electron chi connectivity index (χ1n) is 6.49. The predicted octanol–water partition coefficient (Wildman–Crippen LogP) is 1.95. The van der Waals surface area contributed by atoms with Crippen LogP contribution in [0.2, 0.25) is 0 Å². The zero-order valence-electron chi connectivity index (χ0n) is 10.5. The van der Waals surface area contributed by atoms with Crippen LogP contribution in [0.25, 0.3) is 0 Å². The second kappa shape index (κ2) is 5.87. The third kappa shape index (κ3) is 3.33. The minimum absolute atomic E-state index is 0.514. The van der Waals surface area contributed by atoms with Crippen molar-refractivity contribution in [2.75, 3.05) is 30.7 Å². The highest BCUT2D eigenvalue weighted by molar-refractivity contribution is 5.60. The summed E-state index contributed by atoms with van der Waals surface area (Å²) < 4.78 is 0. The zero-order valence-corrected chi connectivity index (χ0v) is 10.5. The minimum Gasteiger partial charge on any atom is -0.396 e. The van der Waals surface area contributed by atoms with Crippen molar-refractivity contribution in [3.63, 3.8) is 0 Å². The van der Waals surface area contributed by atoms with Crippen LogP contribution in [0.5, 0.6) is 0 Å². The summed E-state index contributed by atoms with van der Waals surface area (Å²) in [6.07, 6.45) is 5.38. The Hall–Kier alpha value is -1.29. The van der Waals surface area contributed by atoms with Gasteiger partial charge in [0.05, 0.1) is 5.69 Å². The second-order valence-corrected chi connectivity index (χ2v) is 4.70. The van der Waals surface area contributed by atoms with E-state index in [2.05, 4.69) is 22.1 Å². The molecule has 0 aromatic carbocycles. The lowest BCUT2D eigenvalue weighted by Crippen LogP contribution is -2.39. The van der Waals surface area contributed by atoms with Gasteiger partial charge in [-0.05, 0) is 37.9 Å². The Morgan fingerprint density at radius 1 is 1.47 bits per heavy atom. The van der Waals surface area contributed by atoms with Crippen LogP contribution in [0.4, 0.5) is 11.5 Å². The molecule has 2 heterocycles. The molecule has 2 rings (SSSR count). The van der Waals surface area contributed by atoms with Crippen molar-refractivity contribution in [2.24, 2.45) is 0 Å². The van der Waals surface area contributed by atoms with Gasteiger partial charge in [0.1, 0.15) is 5.82 Å². The SMILES string of the molecule is CCCN1CCC(Nc2ncccc2N)CC1. The molecule has 3 N–H and O–H groups in total. The van der Waals surface area contributed by atoms with Crippen molar-refractivity contribution in [1.29, 1.82) is 0 Å². The van der Waals surface area contributed by atoms with Crippen molar-refractivity contribution in [2.45, 2.75) is 32.2 Å². The van der Waals surface area contributed by atoms with Gasteiger partial charge in [0.2, 0.25) is 0 Å². The fraction of sp³-hybridized carbons (Fsp3) is 0.615. The number of hydrogen-bond acceptors (Lipinski definition) is 4. The van der Waals surface area contributed by atoms with E-state index in [1.807, 2.05) is 12.1 Å². The summed E-state index contributed by atoms with van der Waals surface area (Å²) in [5.74, 6) is 0.835. The largest absolute Gasteiger partial charge is 0.396 e. The molecule has 0 atom stereocenters. The number of nitrogen functional groups attached to an aromatic ring is 1. The minimum atomic E-state index is 0.514. The summed E-state index contributed by atoms with van der Waals surface area (Å²) >= 11 is 0. The monoisotopic (exact) mass is 234 g/mol. The third-order valence-corrected chi connectivity index (χ3v) is 3.31. The standard InChI is InChI=1S/C13H22N4/c1-2-8-17-9-5-11(6-10-17)16-13-12(14)4-3-7-15-13/h3-4,7,11H,2,5-6,8-10,14H2,1H3,(H,15,16). The molecular formula is C13H22N4. The Bertz CT molecular complexity index is 345. The van der Waals surface area contributed by atoms with Crippen molar-refractivity contribution in [3.8, 4) is 0 Å². The summed E-state index contributed by atoms with van der Waals surface area (Å²) in [6, 6.07) is 4.27. The van der Waals surface area contributed by atoms with E-state index in [4.69, 9.17) is 5.73 Å². The average Bonchev–Trinajstić information content (AvgIpc) is 2.35. The molecule has 1 aliphatic rings. The van der Waals surface area contributed by atoms with E-state index in [-0.39, 0.29) is 0 Å². The maximum atomic E-state index is 5.88. The Kier molecular flexibility index (Phi) is 4.20. The molecule has 0 radical (unpaired) electrons. The molecule has 94 valence electrons. The van der Waals surface area contributed by atoms with E-state index < -0.39 is 0 Å². The molecule has 0 unspecified atom stereocenters. The maximum Gasteiger partial charge on any atom is 0.149 e. The molecule has 1 aromatic rings. The van der Waals surface area contributed by atoms with Crippen LogP contribution in [0.3, 0.4) is 0 Å². The lowest BCUT2D eigenvalue weighted by atomic mass is 10.0. The van der Waals surface area contributed by atoms with Gasteiger partial charge in [0.25, 0.3) is 0 Å². The Morgan fingerprint density at radius 3 is 2.88 bits per heavy atom. The summed E-state index contributed by atoms with van der Waals surface area (Å²) in [6.45, 7) is 5.81. The van der Waals surface area contributed by atoms with Crippen molar-refractivity contribution >= 4 is 11.5 Å². The zero-order chi connectivity index (χ0) is 12.1. The molecule has 0 aliphatic carbocycles. The lowest BCUT2D eigenvalue weighted by Gasteiger charge is -2.32. The summed E-state index contributed by atoms with van der Waals surface area (Å²) in [5.41, 5.74) is 6.62. The topological polar surface area (TPSA) is 54.2 Å². The predicted molar refractivity (Wildman–Crippen MR) is 72.0 cm³/mol. The number of aromatic nitrogens is 1. The Morgan fingerprint density at radius 2 is 2.24 bits per heavy atom. The number of anilines is 2. The second-order valence-electron chi connectivity index (χ2n) is 4.70. The maximum absolute atomic E-state index is 5.88. The van der Waals surface area contributed by atoms with Crippen molar-refractivity contribution in [3.05, 3.63) is 18.3 Å². The molecule has 1 fully saturated rings. The average molecular weight is 234 g/mol. The van der Waals surface area contributed by atoms with Gasteiger partial charge in [0.15, 0.2) is 0 Å². The molecule has 1 aromatic heterocycles. The van der Waals surface area contributed by atoms with E-state index in [0.29, 0.717) is 6.04 Å². The van der Waals surface area contributed by atoms with Gasteiger partial charge in [0, 0.05) is 25.3 Å². The number of nitrogens with zero attached hydrogens (tertiary/aromatic N) is 2. The lowest BCUT2D eigenvalue weighted by molar-refractivity contribution is 0.219. The number of likely N-dealkylation sites (tertiary alicyclic amines) is 1. The molecular weight excluding hydrogens is 212 g/mol. The first-order chi connectivity index (χ1) is 8.29. The van der Waals surface area contributed by atoms with Gasteiger partial charge in [-0.1, -0.05) is 6.92 Å². The number of pyridine rings is 1. The number of nitrogens with one attached hydrogen (secondary N) is 1. The summed E-state index contributed by atoms with van der Waals surface area (Å²) in [5, 5.41) is 3.45. The normalized spacial score (nSPS) is 18.2. The highest BCUT2D eigenvalue weighted by atomic mass is 15.1. The molecule has 0 saturated carbocycles. The first kappa shape index (κ1) is 12.2. The van der Waals surface area contributed by atoms with Gasteiger partial charge < -0.3 is 16.0 Å². The summed E-state index contributed by atoms with van der Waals surface area (Å²) in [4.78, 5) is 6.81. The third-order valence-electron chi connectivity index (χ3n) is 3.31. The number of piperidine rings is 1. The number of hydrogen-bond donors (Lipinski definition) is 2.